The van der Waals surface area contributed by atoms with E-state index in [4.69, 9.17) is 11.6 Å². The number of carbonyl (C=O) groups is 1. The third-order valence-electron chi connectivity index (χ3n) is 4.03. The molecule has 0 radical (unpaired) electrons. The summed E-state index contributed by atoms with van der Waals surface area (Å²) >= 11 is 6.11. The van der Waals surface area contributed by atoms with Crippen LogP contribution in [0.15, 0.2) is 77.7 Å². The average Bonchev–Trinajstić information content (AvgIpc) is 2.68. The standard InChI is InChI=1S/C20H16ClFN2O3S/c1-24(17-8-3-2-4-9-17)28(26,27)19-12-14(10-11-18(19)21)20(25)23-16-7-5-6-15(22)13-16/h2-13H,1H3,(H,23,25). The zero-order valence-corrected chi connectivity index (χ0v) is 16.3. The Hall–Kier alpha value is -2.90. The molecule has 0 saturated carbocycles. The number of nitrogens with one attached hydrogen (secondary N) is 1. The lowest BCUT2D eigenvalue weighted by Gasteiger charge is -2.20. The van der Waals surface area contributed by atoms with Crippen molar-refractivity contribution in [3.63, 3.8) is 0 Å². The second-order valence-electron chi connectivity index (χ2n) is 5.92. The Morgan fingerprint density at radius 3 is 2.39 bits per heavy atom. The number of hydrogen-bond acceptors (Lipinski definition) is 3. The third kappa shape index (κ3) is 4.16. The minimum absolute atomic E-state index is 0.00918. The van der Waals surface area contributed by atoms with Crippen LogP contribution in [0, 0.1) is 5.82 Å². The number of carbonyl (C=O) groups excluding carboxylic acids is 1. The smallest absolute Gasteiger partial charge is 0.265 e. The van der Waals surface area contributed by atoms with Crippen molar-refractivity contribution in [2.75, 3.05) is 16.7 Å². The number of rotatable bonds is 5. The lowest BCUT2D eigenvalue weighted by Crippen LogP contribution is -2.27. The molecule has 0 atom stereocenters. The first-order valence-electron chi connectivity index (χ1n) is 8.19. The van der Waals surface area contributed by atoms with E-state index in [2.05, 4.69) is 5.32 Å². The lowest BCUT2D eigenvalue weighted by molar-refractivity contribution is 0.102. The number of para-hydroxylation sites is 1. The highest BCUT2D eigenvalue weighted by molar-refractivity contribution is 7.93. The number of benzene rings is 3. The molecule has 0 aliphatic rings. The van der Waals surface area contributed by atoms with Crippen LogP contribution < -0.4 is 9.62 Å². The van der Waals surface area contributed by atoms with Crippen molar-refractivity contribution < 1.29 is 17.6 Å². The van der Waals surface area contributed by atoms with Crippen molar-refractivity contribution >= 4 is 38.9 Å². The Kier molecular flexibility index (Phi) is 5.67. The Morgan fingerprint density at radius 1 is 1.00 bits per heavy atom. The molecular weight excluding hydrogens is 403 g/mol. The van der Waals surface area contributed by atoms with E-state index in [-0.39, 0.29) is 21.2 Å². The molecule has 0 aliphatic carbocycles. The molecule has 3 aromatic carbocycles. The van der Waals surface area contributed by atoms with E-state index in [0.717, 1.165) is 10.4 Å². The molecule has 5 nitrogen and oxygen atoms in total. The molecule has 0 saturated heterocycles. The Morgan fingerprint density at radius 2 is 1.71 bits per heavy atom. The largest absolute Gasteiger partial charge is 0.322 e. The number of sulfonamides is 1. The summed E-state index contributed by atoms with van der Waals surface area (Å²) in [6.07, 6.45) is 0. The minimum atomic E-state index is -4.00. The number of halogens is 2. The normalized spacial score (nSPS) is 11.1. The molecule has 28 heavy (non-hydrogen) atoms. The molecule has 1 amide bonds. The SMILES string of the molecule is CN(c1ccccc1)S(=O)(=O)c1cc(C(=O)Nc2cccc(F)c2)ccc1Cl. The number of hydrogen-bond donors (Lipinski definition) is 1. The molecule has 0 aliphatic heterocycles. The Bertz CT molecular complexity index is 1120. The van der Waals surface area contributed by atoms with Gasteiger partial charge in [0.15, 0.2) is 0 Å². The minimum Gasteiger partial charge on any atom is -0.322 e. The summed E-state index contributed by atoms with van der Waals surface area (Å²) in [7, 11) is -2.59. The predicted molar refractivity (Wildman–Crippen MR) is 108 cm³/mol. The summed E-state index contributed by atoms with van der Waals surface area (Å²) in [5.41, 5.74) is 0.785. The summed E-state index contributed by atoms with van der Waals surface area (Å²) in [5, 5.41) is 2.52. The van der Waals surface area contributed by atoms with Crippen LogP contribution >= 0.6 is 11.6 Å². The van der Waals surface area contributed by atoms with E-state index in [1.54, 1.807) is 30.3 Å². The van der Waals surface area contributed by atoms with Gasteiger partial charge in [-0.2, -0.15) is 0 Å². The van der Waals surface area contributed by atoms with Gasteiger partial charge in [-0.25, -0.2) is 12.8 Å². The average molecular weight is 419 g/mol. The van der Waals surface area contributed by atoms with Crippen LogP contribution in [0.1, 0.15) is 10.4 Å². The van der Waals surface area contributed by atoms with Crippen LogP contribution in [0.25, 0.3) is 0 Å². The first-order valence-corrected chi connectivity index (χ1v) is 10.0. The quantitative estimate of drug-likeness (QED) is 0.660. The van der Waals surface area contributed by atoms with Gasteiger partial charge in [-0.05, 0) is 48.5 Å². The van der Waals surface area contributed by atoms with Crippen molar-refractivity contribution in [2.45, 2.75) is 4.90 Å². The van der Waals surface area contributed by atoms with E-state index in [9.17, 15) is 17.6 Å². The molecule has 3 rings (SSSR count). The zero-order valence-electron chi connectivity index (χ0n) is 14.8. The molecular formula is C20H16ClFN2O3S. The maximum absolute atomic E-state index is 13.3. The highest BCUT2D eigenvalue weighted by Crippen LogP contribution is 2.28. The maximum Gasteiger partial charge on any atom is 0.265 e. The van der Waals surface area contributed by atoms with Gasteiger partial charge in [-0.1, -0.05) is 35.9 Å². The first-order chi connectivity index (χ1) is 13.3. The van der Waals surface area contributed by atoms with Gasteiger partial charge in [0.05, 0.1) is 10.7 Å². The molecule has 0 fully saturated rings. The van der Waals surface area contributed by atoms with Crippen LogP contribution in [0.3, 0.4) is 0 Å². The molecule has 0 spiro atoms. The van der Waals surface area contributed by atoms with Gasteiger partial charge in [0.25, 0.3) is 15.9 Å². The summed E-state index contributed by atoms with van der Waals surface area (Å²) < 4.78 is 40.4. The third-order valence-corrected chi connectivity index (χ3v) is 6.30. The molecule has 1 N–H and O–H groups in total. The summed E-state index contributed by atoms with van der Waals surface area (Å²) in [4.78, 5) is 12.3. The summed E-state index contributed by atoms with van der Waals surface area (Å²) in [5.74, 6) is -1.08. The van der Waals surface area contributed by atoms with Crippen LogP contribution in [0.2, 0.25) is 5.02 Å². The number of amides is 1. The van der Waals surface area contributed by atoms with Gasteiger partial charge < -0.3 is 5.32 Å². The maximum atomic E-state index is 13.3. The fourth-order valence-corrected chi connectivity index (χ4v) is 4.23. The second-order valence-corrected chi connectivity index (χ2v) is 8.26. The zero-order chi connectivity index (χ0) is 20.3. The summed E-state index contributed by atoms with van der Waals surface area (Å²) in [6, 6.07) is 17.8. The molecule has 3 aromatic rings. The predicted octanol–water partition coefficient (Wildman–Crippen LogP) is 4.56. The number of nitrogens with zero attached hydrogens (tertiary/aromatic N) is 1. The Balaban J connectivity index is 1.94. The van der Waals surface area contributed by atoms with Gasteiger partial charge in [0, 0.05) is 18.3 Å². The highest BCUT2D eigenvalue weighted by atomic mass is 35.5. The lowest BCUT2D eigenvalue weighted by atomic mass is 10.2. The van der Waals surface area contributed by atoms with Crippen molar-refractivity contribution in [3.8, 4) is 0 Å². The van der Waals surface area contributed by atoms with Gasteiger partial charge in [0.1, 0.15) is 10.7 Å². The molecule has 8 heteroatoms. The van der Waals surface area contributed by atoms with E-state index < -0.39 is 21.7 Å². The van der Waals surface area contributed by atoms with E-state index in [1.165, 1.54) is 43.4 Å². The highest BCUT2D eigenvalue weighted by Gasteiger charge is 2.25. The topological polar surface area (TPSA) is 66.5 Å². The van der Waals surface area contributed by atoms with Gasteiger partial charge in [0.2, 0.25) is 0 Å². The van der Waals surface area contributed by atoms with E-state index in [0.29, 0.717) is 5.69 Å². The van der Waals surface area contributed by atoms with Crippen molar-refractivity contribution in [3.05, 3.63) is 89.2 Å². The van der Waals surface area contributed by atoms with Gasteiger partial charge >= 0.3 is 0 Å². The number of anilines is 2. The molecule has 0 heterocycles. The Labute approximate surface area is 167 Å². The molecule has 0 unspecified atom stereocenters. The van der Waals surface area contributed by atoms with Gasteiger partial charge in [-0.15, -0.1) is 0 Å². The van der Waals surface area contributed by atoms with E-state index >= 15 is 0 Å². The monoisotopic (exact) mass is 418 g/mol. The van der Waals surface area contributed by atoms with Crippen molar-refractivity contribution in [1.29, 1.82) is 0 Å². The molecule has 0 aromatic heterocycles. The second kappa shape index (κ2) is 8.00. The van der Waals surface area contributed by atoms with Crippen LogP contribution in [0.5, 0.6) is 0 Å². The fourth-order valence-electron chi connectivity index (χ4n) is 2.54. The van der Waals surface area contributed by atoms with Crippen molar-refractivity contribution in [1.82, 2.24) is 0 Å². The first kappa shape index (κ1) is 19.9. The van der Waals surface area contributed by atoms with E-state index in [1.807, 2.05) is 0 Å². The van der Waals surface area contributed by atoms with Crippen molar-refractivity contribution in [2.24, 2.45) is 0 Å². The summed E-state index contributed by atoms with van der Waals surface area (Å²) in [6.45, 7) is 0. The molecule has 0 bridgehead atoms. The fraction of sp³-hybridized carbons (Fsp3) is 0.0500. The van der Waals surface area contributed by atoms with Crippen LogP contribution in [-0.4, -0.2) is 21.4 Å². The van der Waals surface area contributed by atoms with Crippen LogP contribution in [0.4, 0.5) is 15.8 Å². The van der Waals surface area contributed by atoms with Crippen LogP contribution in [-0.2, 0) is 10.0 Å². The van der Waals surface area contributed by atoms with Gasteiger partial charge in [-0.3, -0.25) is 9.10 Å². The molecule has 144 valence electrons.